The lowest BCUT2D eigenvalue weighted by atomic mass is 10.2. The van der Waals surface area contributed by atoms with Crippen LogP contribution >= 0.6 is 15.9 Å². The maximum atomic E-state index is 9.70. The number of hydrogen-bond acceptors (Lipinski definition) is 7. The summed E-state index contributed by atoms with van der Waals surface area (Å²) in [6, 6.07) is 5.04. The lowest BCUT2D eigenvalue weighted by Gasteiger charge is -2.07. The second-order valence-corrected chi connectivity index (χ2v) is 5.04. The summed E-state index contributed by atoms with van der Waals surface area (Å²) in [6.45, 7) is 0. The molecular formula is C12H9BrN6O2. The van der Waals surface area contributed by atoms with Gasteiger partial charge in [-0.3, -0.25) is 4.98 Å². The number of aromatic nitrogens is 3. The Morgan fingerprint density at radius 2 is 2.00 bits per heavy atom. The van der Waals surface area contributed by atoms with Crippen LogP contribution in [0.4, 0.5) is 17.5 Å². The Labute approximate surface area is 126 Å². The van der Waals surface area contributed by atoms with Crippen molar-refractivity contribution in [1.29, 1.82) is 5.53 Å². The molecule has 0 amide bonds. The Balaban J connectivity index is 2.02. The molecule has 9 heteroatoms. The summed E-state index contributed by atoms with van der Waals surface area (Å²) in [5.74, 6) is 0.265. The van der Waals surface area contributed by atoms with Crippen molar-refractivity contribution >= 4 is 44.2 Å². The van der Waals surface area contributed by atoms with E-state index in [1.807, 2.05) is 0 Å². The van der Waals surface area contributed by atoms with Crippen molar-refractivity contribution in [1.82, 2.24) is 15.0 Å². The van der Waals surface area contributed by atoms with Gasteiger partial charge < -0.3 is 15.5 Å². The van der Waals surface area contributed by atoms with Gasteiger partial charge in [0.1, 0.15) is 0 Å². The highest BCUT2D eigenvalue weighted by Gasteiger charge is 2.10. The van der Waals surface area contributed by atoms with Gasteiger partial charge in [-0.25, -0.2) is 10.5 Å². The fourth-order valence-electron chi connectivity index (χ4n) is 1.91. The molecule has 5 N–H and O–H groups in total. The second kappa shape index (κ2) is 5.02. The smallest absolute Gasteiger partial charge is 0.270 e. The summed E-state index contributed by atoms with van der Waals surface area (Å²) in [7, 11) is 0. The van der Waals surface area contributed by atoms with E-state index in [1.54, 1.807) is 18.2 Å². The van der Waals surface area contributed by atoms with Gasteiger partial charge >= 0.3 is 0 Å². The van der Waals surface area contributed by atoms with Crippen LogP contribution in [-0.4, -0.2) is 25.2 Å². The summed E-state index contributed by atoms with van der Waals surface area (Å²) in [5.41, 5.74) is 7.57. The number of aromatic amines is 1. The molecule has 0 bridgehead atoms. The summed E-state index contributed by atoms with van der Waals surface area (Å²) < 4.78 is 0.608. The highest BCUT2D eigenvalue weighted by Crippen LogP contribution is 2.35. The molecule has 2 heterocycles. The lowest BCUT2D eigenvalue weighted by molar-refractivity contribution is 0.429. The highest BCUT2D eigenvalue weighted by molar-refractivity contribution is 9.10. The monoisotopic (exact) mass is 348 g/mol. The normalized spacial score (nSPS) is 10.7. The van der Waals surface area contributed by atoms with E-state index in [1.165, 1.54) is 6.20 Å². The number of hydrogen-bond donors (Lipinski definition) is 5. The summed E-state index contributed by atoms with van der Waals surface area (Å²) >= 11 is 3.30. The number of anilines is 2. The minimum Gasteiger partial charge on any atom is -0.494 e. The number of rotatable bonds is 3. The quantitative estimate of drug-likeness (QED) is 0.462. The molecule has 0 atom stereocenters. The average molecular weight is 349 g/mol. The number of nitrogens with one attached hydrogen (secondary N) is 3. The molecule has 8 nitrogen and oxygen atoms in total. The molecule has 0 unspecified atom stereocenters. The molecule has 0 saturated carbocycles. The van der Waals surface area contributed by atoms with E-state index >= 15 is 0 Å². The Kier molecular flexibility index (Phi) is 3.18. The molecular weight excluding hydrogens is 340 g/mol. The van der Waals surface area contributed by atoms with Crippen molar-refractivity contribution in [3.8, 4) is 11.8 Å². The van der Waals surface area contributed by atoms with Crippen LogP contribution in [-0.2, 0) is 0 Å². The van der Waals surface area contributed by atoms with Gasteiger partial charge in [-0.05, 0) is 34.1 Å². The minimum atomic E-state index is -0.116. The lowest BCUT2D eigenvalue weighted by Crippen LogP contribution is -1.95. The van der Waals surface area contributed by atoms with Crippen LogP contribution in [0.1, 0.15) is 0 Å². The van der Waals surface area contributed by atoms with Crippen molar-refractivity contribution in [3.05, 3.63) is 28.9 Å². The van der Waals surface area contributed by atoms with Crippen LogP contribution in [0.3, 0.4) is 0 Å². The third-order valence-electron chi connectivity index (χ3n) is 2.86. The maximum Gasteiger partial charge on any atom is 0.270 e. The number of aromatic hydroxyl groups is 2. The number of fused-ring (bicyclic) bond motifs is 1. The van der Waals surface area contributed by atoms with E-state index in [2.05, 4.69) is 41.3 Å². The topological polar surface area (TPSA) is 130 Å². The molecule has 0 radical (unpaired) electrons. The van der Waals surface area contributed by atoms with Gasteiger partial charge in [-0.2, -0.15) is 4.98 Å². The van der Waals surface area contributed by atoms with Gasteiger partial charge in [-0.15, -0.1) is 5.11 Å². The van der Waals surface area contributed by atoms with E-state index in [4.69, 9.17) is 5.53 Å². The molecule has 0 aliphatic rings. The highest BCUT2D eigenvalue weighted by atomic mass is 79.9. The van der Waals surface area contributed by atoms with Crippen LogP contribution < -0.4 is 5.32 Å². The van der Waals surface area contributed by atoms with Gasteiger partial charge in [0.25, 0.3) is 5.95 Å². The van der Waals surface area contributed by atoms with Crippen molar-refractivity contribution < 1.29 is 10.2 Å². The average Bonchev–Trinajstić information content (AvgIpc) is 2.76. The predicted octanol–water partition coefficient (Wildman–Crippen LogP) is 3.54. The van der Waals surface area contributed by atoms with Gasteiger partial charge in [0.05, 0.1) is 4.47 Å². The summed E-state index contributed by atoms with van der Waals surface area (Å²) in [5, 5.41) is 26.5. The van der Waals surface area contributed by atoms with E-state index in [0.717, 1.165) is 0 Å². The minimum absolute atomic E-state index is 0.0314. The zero-order chi connectivity index (χ0) is 15.0. The summed E-state index contributed by atoms with van der Waals surface area (Å²) in [6.07, 6.45) is 1.49. The van der Waals surface area contributed by atoms with Crippen LogP contribution in [0.2, 0.25) is 0 Å². The molecule has 0 fully saturated rings. The maximum absolute atomic E-state index is 9.70. The van der Waals surface area contributed by atoms with E-state index in [-0.39, 0.29) is 17.7 Å². The molecule has 3 rings (SSSR count). The number of halogens is 1. The standard InChI is InChI=1S/C12H9BrN6O2/c13-8-4-15-12(19-14)17-9(8)16-5-1-2-6-7(3-5)11(21)18-10(6)20/h1-4,14,18,20-21H,(H,15,16,17). The Morgan fingerprint density at radius 1 is 1.24 bits per heavy atom. The third-order valence-corrected chi connectivity index (χ3v) is 3.44. The second-order valence-electron chi connectivity index (χ2n) is 4.19. The van der Waals surface area contributed by atoms with Crippen LogP contribution in [0.15, 0.2) is 34.0 Å². The Hall–Kier alpha value is -2.68. The molecule has 0 spiro atoms. The van der Waals surface area contributed by atoms with Crippen molar-refractivity contribution in [3.63, 3.8) is 0 Å². The molecule has 1 aromatic carbocycles. The first-order valence-corrected chi connectivity index (χ1v) is 6.58. The molecule has 0 saturated heterocycles. The predicted molar refractivity (Wildman–Crippen MR) is 79.5 cm³/mol. The van der Waals surface area contributed by atoms with Crippen molar-refractivity contribution in [2.45, 2.75) is 0 Å². The fourth-order valence-corrected chi connectivity index (χ4v) is 2.20. The number of nitrogens with zero attached hydrogens (tertiary/aromatic N) is 3. The Morgan fingerprint density at radius 3 is 2.76 bits per heavy atom. The zero-order valence-electron chi connectivity index (χ0n) is 10.4. The van der Waals surface area contributed by atoms with Gasteiger partial charge in [-0.1, -0.05) is 0 Å². The SMILES string of the molecule is N=Nc1ncc(Br)c(Nc2ccc3c(O)[nH]c(O)c3c2)n1. The van der Waals surface area contributed by atoms with Gasteiger partial charge in [0.2, 0.25) is 0 Å². The first-order valence-electron chi connectivity index (χ1n) is 5.79. The molecule has 0 aliphatic heterocycles. The van der Waals surface area contributed by atoms with E-state index in [9.17, 15) is 10.2 Å². The van der Waals surface area contributed by atoms with Gasteiger partial charge in [0.15, 0.2) is 17.6 Å². The largest absolute Gasteiger partial charge is 0.494 e. The zero-order valence-corrected chi connectivity index (χ0v) is 12.0. The first-order chi connectivity index (χ1) is 10.1. The van der Waals surface area contributed by atoms with Crippen LogP contribution in [0, 0.1) is 5.53 Å². The van der Waals surface area contributed by atoms with Crippen LogP contribution in [0.25, 0.3) is 10.8 Å². The third kappa shape index (κ3) is 2.38. The first kappa shape index (κ1) is 13.3. The summed E-state index contributed by atoms with van der Waals surface area (Å²) in [4.78, 5) is 10.3. The van der Waals surface area contributed by atoms with Crippen molar-refractivity contribution in [2.75, 3.05) is 5.32 Å². The van der Waals surface area contributed by atoms with Gasteiger partial charge in [0, 0.05) is 22.7 Å². The Bertz CT molecular complexity index is 847. The number of benzene rings is 1. The molecule has 106 valence electrons. The molecule has 3 aromatic rings. The molecule has 21 heavy (non-hydrogen) atoms. The fraction of sp³-hybridized carbons (Fsp3) is 0. The molecule has 2 aromatic heterocycles. The number of H-pyrrole nitrogens is 1. The van der Waals surface area contributed by atoms with Crippen LogP contribution in [0.5, 0.6) is 11.8 Å². The van der Waals surface area contributed by atoms with E-state index < -0.39 is 0 Å². The van der Waals surface area contributed by atoms with E-state index in [0.29, 0.717) is 26.8 Å². The molecule has 0 aliphatic carbocycles. The van der Waals surface area contributed by atoms with Crippen molar-refractivity contribution in [2.24, 2.45) is 5.11 Å².